The van der Waals surface area contributed by atoms with Crippen LogP contribution in [0.5, 0.6) is 0 Å². The highest BCUT2D eigenvalue weighted by Gasteiger charge is 2.19. The second-order valence-electron chi connectivity index (χ2n) is 7.48. The SMILES string of the molecule is CC1CCCC(CCNCc2nc(C(C)(C)C)cs2)C1. The molecule has 20 heavy (non-hydrogen) atoms. The summed E-state index contributed by atoms with van der Waals surface area (Å²) in [6.07, 6.45) is 7.10. The van der Waals surface area contributed by atoms with Crippen LogP contribution in [0.2, 0.25) is 0 Å². The third-order valence-corrected chi connectivity index (χ3v) is 5.22. The molecule has 1 saturated carbocycles. The molecule has 2 unspecified atom stereocenters. The third-order valence-electron chi connectivity index (χ3n) is 4.37. The highest BCUT2D eigenvalue weighted by Crippen LogP contribution is 2.30. The van der Waals surface area contributed by atoms with Gasteiger partial charge in [0, 0.05) is 17.3 Å². The van der Waals surface area contributed by atoms with Gasteiger partial charge in [-0.05, 0) is 31.2 Å². The van der Waals surface area contributed by atoms with Crippen molar-refractivity contribution in [3.8, 4) is 0 Å². The third kappa shape index (κ3) is 4.85. The first kappa shape index (κ1) is 16.0. The number of aromatic nitrogens is 1. The van der Waals surface area contributed by atoms with E-state index in [9.17, 15) is 0 Å². The maximum atomic E-state index is 4.73. The average molecular weight is 295 g/mol. The number of rotatable bonds is 5. The van der Waals surface area contributed by atoms with Gasteiger partial charge in [0.2, 0.25) is 0 Å². The van der Waals surface area contributed by atoms with Crippen molar-refractivity contribution in [3.63, 3.8) is 0 Å². The molecule has 0 aromatic carbocycles. The fraction of sp³-hybridized carbons (Fsp3) is 0.824. The predicted octanol–water partition coefficient (Wildman–Crippen LogP) is 4.75. The first-order valence-corrected chi connectivity index (χ1v) is 8.98. The fourth-order valence-electron chi connectivity index (χ4n) is 3.06. The van der Waals surface area contributed by atoms with E-state index in [0.29, 0.717) is 0 Å². The molecule has 0 radical (unpaired) electrons. The molecule has 2 atom stereocenters. The Kier molecular flexibility index (Phi) is 5.62. The van der Waals surface area contributed by atoms with Crippen LogP contribution in [0.3, 0.4) is 0 Å². The monoisotopic (exact) mass is 294 g/mol. The summed E-state index contributed by atoms with van der Waals surface area (Å²) in [4.78, 5) is 4.73. The molecule has 1 heterocycles. The molecule has 0 amide bonds. The highest BCUT2D eigenvalue weighted by atomic mass is 32.1. The molecule has 1 fully saturated rings. The van der Waals surface area contributed by atoms with Crippen molar-refractivity contribution < 1.29 is 0 Å². The van der Waals surface area contributed by atoms with E-state index >= 15 is 0 Å². The van der Waals surface area contributed by atoms with Crippen LogP contribution < -0.4 is 5.32 Å². The van der Waals surface area contributed by atoms with E-state index in [1.54, 1.807) is 11.3 Å². The maximum absolute atomic E-state index is 4.73. The number of nitrogens with one attached hydrogen (secondary N) is 1. The van der Waals surface area contributed by atoms with Gasteiger partial charge in [-0.1, -0.05) is 47.0 Å². The largest absolute Gasteiger partial charge is 0.310 e. The van der Waals surface area contributed by atoms with Gasteiger partial charge in [0.05, 0.1) is 5.69 Å². The number of hydrogen-bond acceptors (Lipinski definition) is 3. The Hall–Kier alpha value is -0.410. The lowest BCUT2D eigenvalue weighted by atomic mass is 9.81. The van der Waals surface area contributed by atoms with Gasteiger partial charge >= 0.3 is 0 Å². The first-order chi connectivity index (χ1) is 9.45. The molecule has 3 heteroatoms. The van der Waals surface area contributed by atoms with Gasteiger partial charge in [-0.2, -0.15) is 0 Å². The van der Waals surface area contributed by atoms with Crippen molar-refractivity contribution in [1.29, 1.82) is 0 Å². The Morgan fingerprint density at radius 2 is 2.15 bits per heavy atom. The van der Waals surface area contributed by atoms with Gasteiger partial charge in [0.15, 0.2) is 0 Å². The summed E-state index contributed by atoms with van der Waals surface area (Å²) in [6.45, 7) is 11.2. The summed E-state index contributed by atoms with van der Waals surface area (Å²) in [6, 6.07) is 0. The zero-order valence-corrected chi connectivity index (χ0v) is 14.4. The number of nitrogens with zero attached hydrogens (tertiary/aromatic N) is 1. The topological polar surface area (TPSA) is 24.9 Å². The van der Waals surface area contributed by atoms with Crippen LogP contribution in [0, 0.1) is 11.8 Å². The van der Waals surface area contributed by atoms with Crippen molar-refractivity contribution in [1.82, 2.24) is 10.3 Å². The van der Waals surface area contributed by atoms with E-state index in [1.165, 1.54) is 42.8 Å². The fourth-order valence-corrected chi connectivity index (χ4v) is 4.05. The van der Waals surface area contributed by atoms with Crippen molar-refractivity contribution in [2.45, 2.75) is 71.8 Å². The lowest BCUT2D eigenvalue weighted by molar-refractivity contribution is 0.267. The van der Waals surface area contributed by atoms with Crippen LogP contribution in [0.4, 0.5) is 0 Å². The average Bonchev–Trinajstić information content (AvgIpc) is 2.83. The molecule has 0 bridgehead atoms. The van der Waals surface area contributed by atoms with Gasteiger partial charge in [0.25, 0.3) is 0 Å². The van der Waals surface area contributed by atoms with E-state index in [0.717, 1.165) is 24.9 Å². The Balaban J connectivity index is 1.67. The Morgan fingerprint density at radius 3 is 2.80 bits per heavy atom. The van der Waals surface area contributed by atoms with Crippen LogP contribution in [0.1, 0.15) is 70.5 Å². The quantitative estimate of drug-likeness (QED) is 0.793. The Morgan fingerprint density at radius 1 is 1.35 bits per heavy atom. The molecule has 1 aromatic heterocycles. The molecular formula is C17H30N2S. The lowest BCUT2D eigenvalue weighted by Gasteiger charge is -2.26. The minimum atomic E-state index is 0.174. The standard InChI is InChI=1S/C17H30N2S/c1-13-6-5-7-14(10-13)8-9-18-11-16-19-15(12-20-16)17(2,3)4/h12-14,18H,5-11H2,1-4H3. The van der Waals surface area contributed by atoms with Crippen LogP contribution in [-0.4, -0.2) is 11.5 Å². The van der Waals surface area contributed by atoms with Crippen molar-refractivity contribution in [2.24, 2.45) is 11.8 Å². The summed E-state index contributed by atoms with van der Waals surface area (Å²) >= 11 is 1.79. The molecule has 1 aliphatic rings. The van der Waals surface area contributed by atoms with Crippen LogP contribution in [0.25, 0.3) is 0 Å². The van der Waals surface area contributed by atoms with Crippen LogP contribution >= 0.6 is 11.3 Å². The molecule has 1 N–H and O–H groups in total. The van der Waals surface area contributed by atoms with E-state index in [1.807, 2.05) is 0 Å². The molecule has 2 rings (SSSR count). The molecular weight excluding hydrogens is 264 g/mol. The second kappa shape index (κ2) is 7.04. The van der Waals surface area contributed by atoms with Gasteiger partial charge in [-0.25, -0.2) is 4.98 Å². The summed E-state index contributed by atoms with van der Waals surface area (Å²) in [5, 5.41) is 7.01. The smallest absolute Gasteiger partial charge is 0.107 e. The maximum Gasteiger partial charge on any atom is 0.107 e. The molecule has 1 aromatic rings. The second-order valence-corrected chi connectivity index (χ2v) is 8.42. The normalized spacial score (nSPS) is 24.0. The van der Waals surface area contributed by atoms with Gasteiger partial charge in [-0.15, -0.1) is 11.3 Å². The number of thiazole rings is 1. The van der Waals surface area contributed by atoms with Gasteiger partial charge < -0.3 is 5.32 Å². The van der Waals surface area contributed by atoms with Crippen molar-refractivity contribution >= 4 is 11.3 Å². The van der Waals surface area contributed by atoms with Gasteiger partial charge in [-0.3, -0.25) is 0 Å². The summed E-state index contributed by atoms with van der Waals surface area (Å²) < 4.78 is 0. The molecule has 0 saturated heterocycles. The summed E-state index contributed by atoms with van der Waals surface area (Å²) in [5.41, 5.74) is 1.40. The van der Waals surface area contributed by atoms with Crippen LogP contribution in [0.15, 0.2) is 5.38 Å². The van der Waals surface area contributed by atoms with Crippen LogP contribution in [-0.2, 0) is 12.0 Å². The van der Waals surface area contributed by atoms with Gasteiger partial charge in [0.1, 0.15) is 5.01 Å². The molecule has 1 aliphatic carbocycles. The van der Waals surface area contributed by atoms with E-state index < -0.39 is 0 Å². The summed E-state index contributed by atoms with van der Waals surface area (Å²) in [7, 11) is 0. The minimum absolute atomic E-state index is 0.174. The highest BCUT2D eigenvalue weighted by molar-refractivity contribution is 7.09. The lowest BCUT2D eigenvalue weighted by Crippen LogP contribution is -2.21. The molecule has 114 valence electrons. The number of hydrogen-bond donors (Lipinski definition) is 1. The molecule has 0 spiro atoms. The van der Waals surface area contributed by atoms with Crippen molar-refractivity contribution in [3.05, 3.63) is 16.1 Å². The van der Waals surface area contributed by atoms with E-state index in [4.69, 9.17) is 4.98 Å². The predicted molar refractivity (Wildman–Crippen MR) is 88.3 cm³/mol. The Bertz CT molecular complexity index is 405. The zero-order chi connectivity index (χ0) is 14.6. The zero-order valence-electron chi connectivity index (χ0n) is 13.5. The minimum Gasteiger partial charge on any atom is -0.310 e. The molecule has 2 nitrogen and oxygen atoms in total. The van der Waals surface area contributed by atoms with E-state index in [2.05, 4.69) is 38.4 Å². The van der Waals surface area contributed by atoms with E-state index in [-0.39, 0.29) is 5.41 Å². The summed E-state index contributed by atoms with van der Waals surface area (Å²) in [5.74, 6) is 1.90. The molecule has 0 aliphatic heterocycles. The Labute approximate surface area is 128 Å². The van der Waals surface area contributed by atoms with Crippen molar-refractivity contribution in [2.75, 3.05) is 6.54 Å². The first-order valence-electron chi connectivity index (χ1n) is 8.10.